The maximum absolute atomic E-state index is 6.06. The zero-order chi connectivity index (χ0) is 14.0. The van der Waals surface area contributed by atoms with Gasteiger partial charge in [-0.05, 0) is 31.1 Å². The second-order valence-electron chi connectivity index (χ2n) is 7.10. The van der Waals surface area contributed by atoms with Crippen LogP contribution in [0.4, 0.5) is 0 Å². The monoisotopic (exact) mass is 267 g/mol. The topological polar surface area (TPSA) is 50.8 Å². The molecule has 110 valence electrons. The van der Waals surface area contributed by atoms with Crippen LogP contribution >= 0.6 is 0 Å². The maximum Gasteiger partial charge on any atom is 0.191 e. The molecule has 1 saturated heterocycles. The van der Waals surface area contributed by atoms with Crippen molar-refractivity contribution < 1.29 is 4.74 Å². The van der Waals surface area contributed by atoms with Crippen molar-refractivity contribution in [3.05, 3.63) is 0 Å². The first-order valence-corrected chi connectivity index (χ1v) is 7.54. The van der Waals surface area contributed by atoms with E-state index in [9.17, 15) is 0 Å². The van der Waals surface area contributed by atoms with Gasteiger partial charge in [-0.25, -0.2) is 0 Å². The molecule has 2 atom stereocenters. The van der Waals surface area contributed by atoms with E-state index in [2.05, 4.69) is 37.7 Å². The maximum atomic E-state index is 6.06. The van der Waals surface area contributed by atoms with Crippen LogP contribution in [-0.4, -0.2) is 43.2 Å². The van der Waals surface area contributed by atoms with Crippen LogP contribution < -0.4 is 5.73 Å². The second kappa shape index (κ2) is 5.70. The average Bonchev–Trinajstić information content (AvgIpc) is 3.18. The molecule has 0 aromatic carbocycles. The van der Waals surface area contributed by atoms with E-state index in [1.165, 1.54) is 19.3 Å². The smallest absolute Gasteiger partial charge is 0.191 e. The van der Waals surface area contributed by atoms with Crippen LogP contribution in [0.3, 0.4) is 0 Å². The van der Waals surface area contributed by atoms with Gasteiger partial charge in [0, 0.05) is 32.2 Å². The lowest BCUT2D eigenvalue weighted by Gasteiger charge is -2.39. The Morgan fingerprint density at radius 3 is 2.58 bits per heavy atom. The molecule has 0 spiro atoms. The molecule has 2 N–H and O–H groups in total. The van der Waals surface area contributed by atoms with Crippen molar-refractivity contribution in [1.29, 1.82) is 0 Å². The fourth-order valence-corrected chi connectivity index (χ4v) is 2.96. The van der Waals surface area contributed by atoms with Gasteiger partial charge in [-0.3, -0.25) is 4.99 Å². The summed E-state index contributed by atoms with van der Waals surface area (Å²) < 4.78 is 5.98. The number of ether oxygens (including phenoxy) is 1. The molecule has 0 aromatic heterocycles. The highest BCUT2D eigenvalue weighted by molar-refractivity contribution is 5.78. The minimum Gasteiger partial charge on any atom is -0.377 e. The molecule has 19 heavy (non-hydrogen) atoms. The first-order chi connectivity index (χ1) is 8.89. The fraction of sp³-hybridized carbons (Fsp3) is 0.933. The van der Waals surface area contributed by atoms with Gasteiger partial charge in [0.05, 0.1) is 6.10 Å². The summed E-state index contributed by atoms with van der Waals surface area (Å²) in [6.45, 7) is 8.43. The Morgan fingerprint density at radius 2 is 2.00 bits per heavy atom. The first-order valence-electron chi connectivity index (χ1n) is 7.54. The largest absolute Gasteiger partial charge is 0.377 e. The average molecular weight is 267 g/mol. The van der Waals surface area contributed by atoms with Crippen molar-refractivity contribution >= 4 is 5.96 Å². The Morgan fingerprint density at radius 1 is 1.32 bits per heavy atom. The third kappa shape index (κ3) is 3.85. The number of rotatable bonds is 3. The Balaban J connectivity index is 1.93. The highest BCUT2D eigenvalue weighted by atomic mass is 16.5. The number of nitrogens with zero attached hydrogens (tertiary/aromatic N) is 2. The molecule has 0 amide bonds. The molecule has 0 bridgehead atoms. The van der Waals surface area contributed by atoms with Crippen molar-refractivity contribution in [2.45, 2.75) is 58.6 Å². The predicted molar refractivity (Wildman–Crippen MR) is 79.2 cm³/mol. The van der Waals surface area contributed by atoms with Crippen LogP contribution in [0.25, 0.3) is 0 Å². The molecule has 1 aliphatic carbocycles. The van der Waals surface area contributed by atoms with Gasteiger partial charge in [-0.15, -0.1) is 0 Å². The molecule has 2 rings (SSSR count). The number of hydrogen-bond donors (Lipinski definition) is 1. The molecule has 0 aromatic rings. The van der Waals surface area contributed by atoms with Gasteiger partial charge < -0.3 is 15.4 Å². The zero-order valence-corrected chi connectivity index (χ0v) is 12.9. The number of guanidine groups is 1. The normalized spacial score (nSPS) is 29.4. The molecule has 4 heteroatoms. The highest BCUT2D eigenvalue weighted by Gasteiger charge is 2.35. The van der Waals surface area contributed by atoms with Gasteiger partial charge in [0.1, 0.15) is 0 Å². The molecule has 1 heterocycles. The van der Waals surface area contributed by atoms with Gasteiger partial charge in [0.15, 0.2) is 5.96 Å². The van der Waals surface area contributed by atoms with Crippen LogP contribution in [0.1, 0.15) is 46.5 Å². The van der Waals surface area contributed by atoms with Crippen molar-refractivity contribution in [2.24, 2.45) is 22.1 Å². The van der Waals surface area contributed by atoms with E-state index >= 15 is 0 Å². The highest BCUT2D eigenvalue weighted by Crippen LogP contribution is 2.34. The summed E-state index contributed by atoms with van der Waals surface area (Å²) in [6.07, 6.45) is 5.15. The summed E-state index contributed by atoms with van der Waals surface area (Å²) in [4.78, 5) is 6.73. The quantitative estimate of drug-likeness (QED) is 0.630. The molecule has 2 aliphatic rings. The number of aliphatic imine (C=N–C) groups is 1. The van der Waals surface area contributed by atoms with Gasteiger partial charge in [-0.1, -0.05) is 20.8 Å². The lowest BCUT2D eigenvalue weighted by molar-refractivity contribution is -0.0823. The minimum absolute atomic E-state index is 0.178. The summed E-state index contributed by atoms with van der Waals surface area (Å²) in [5.41, 5.74) is 6.24. The van der Waals surface area contributed by atoms with Gasteiger partial charge >= 0.3 is 0 Å². The Labute approximate surface area is 117 Å². The summed E-state index contributed by atoms with van der Waals surface area (Å²) in [5, 5.41) is 0. The summed E-state index contributed by atoms with van der Waals surface area (Å²) >= 11 is 0. The molecule has 2 fully saturated rings. The molecule has 1 saturated carbocycles. The summed E-state index contributed by atoms with van der Waals surface area (Å²) in [5.74, 6) is 1.20. The summed E-state index contributed by atoms with van der Waals surface area (Å²) in [7, 11) is 2.05. The Bertz CT molecular complexity index is 331. The van der Waals surface area contributed by atoms with Crippen LogP contribution in [0.15, 0.2) is 4.99 Å². The minimum atomic E-state index is 0.178. The molecular formula is C15H29N3O. The van der Waals surface area contributed by atoms with Crippen molar-refractivity contribution in [1.82, 2.24) is 4.90 Å². The molecule has 0 radical (unpaired) electrons. The standard InChI is InChI=1S/C15H29N3O/c1-15(2,3)13-11(6-5-9-19-13)10-17-14(16)18(4)12-7-8-12/h11-13H,5-10H2,1-4H3,(H2,16,17). The van der Waals surface area contributed by atoms with E-state index in [4.69, 9.17) is 10.5 Å². The number of hydrogen-bond acceptors (Lipinski definition) is 2. The van der Waals surface area contributed by atoms with E-state index in [0.29, 0.717) is 24.0 Å². The van der Waals surface area contributed by atoms with Gasteiger partial charge in [0.2, 0.25) is 0 Å². The second-order valence-corrected chi connectivity index (χ2v) is 7.10. The van der Waals surface area contributed by atoms with Crippen molar-refractivity contribution in [2.75, 3.05) is 20.2 Å². The lowest BCUT2D eigenvalue weighted by Crippen LogP contribution is -2.42. The van der Waals surface area contributed by atoms with Crippen LogP contribution in [-0.2, 0) is 4.74 Å². The lowest BCUT2D eigenvalue weighted by atomic mass is 9.78. The molecule has 1 aliphatic heterocycles. The van der Waals surface area contributed by atoms with Crippen molar-refractivity contribution in [3.8, 4) is 0 Å². The van der Waals surface area contributed by atoms with E-state index in [0.717, 1.165) is 19.6 Å². The molecule has 4 nitrogen and oxygen atoms in total. The van der Waals surface area contributed by atoms with E-state index in [1.807, 2.05) is 0 Å². The first kappa shape index (κ1) is 14.6. The van der Waals surface area contributed by atoms with Crippen LogP contribution in [0.2, 0.25) is 0 Å². The third-order valence-electron chi connectivity index (χ3n) is 4.24. The van der Waals surface area contributed by atoms with Gasteiger partial charge in [0.25, 0.3) is 0 Å². The van der Waals surface area contributed by atoms with E-state index < -0.39 is 0 Å². The zero-order valence-electron chi connectivity index (χ0n) is 12.9. The van der Waals surface area contributed by atoms with Crippen LogP contribution in [0.5, 0.6) is 0 Å². The SMILES string of the molecule is CN(C(N)=NCC1CCCOC1C(C)(C)C)C1CC1. The van der Waals surface area contributed by atoms with Crippen LogP contribution in [0, 0.1) is 11.3 Å². The van der Waals surface area contributed by atoms with E-state index in [1.54, 1.807) is 0 Å². The number of nitrogens with two attached hydrogens (primary N) is 1. The molecular weight excluding hydrogens is 238 g/mol. The Kier molecular flexibility index (Phi) is 4.39. The van der Waals surface area contributed by atoms with E-state index in [-0.39, 0.29) is 5.41 Å². The molecule has 2 unspecified atom stereocenters. The van der Waals surface area contributed by atoms with Gasteiger partial charge in [-0.2, -0.15) is 0 Å². The fourth-order valence-electron chi connectivity index (χ4n) is 2.96. The predicted octanol–water partition coefficient (Wildman–Crippen LogP) is 2.24. The van der Waals surface area contributed by atoms with Crippen molar-refractivity contribution in [3.63, 3.8) is 0 Å². The summed E-state index contributed by atoms with van der Waals surface area (Å²) in [6, 6.07) is 0.629. The Hall–Kier alpha value is -0.770. The third-order valence-corrected chi connectivity index (χ3v) is 4.24.